The molecule has 0 aliphatic carbocycles. The van der Waals surface area contributed by atoms with Gasteiger partial charge in [-0.25, -0.2) is 0 Å². The zero-order valence-electron chi connectivity index (χ0n) is 20.0. The molecule has 2 fully saturated rings. The lowest BCUT2D eigenvalue weighted by Gasteiger charge is -2.45. The Morgan fingerprint density at radius 2 is 1.62 bits per heavy atom. The number of carbonyl (C=O) groups is 3. The molecule has 0 aromatic heterocycles. The van der Waals surface area contributed by atoms with Crippen LogP contribution in [0, 0.1) is 13.8 Å². The summed E-state index contributed by atoms with van der Waals surface area (Å²) in [5.74, 6) is -0.313. The summed E-state index contributed by atoms with van der Waals surface area (Å²) in [6.07, 6.45) is 4.86. The van der Waals surface area contributed by atoms with E-state index in [0.29, 0.717) is 11.3 Å². The average molecular weight is 461 g/mol. The van der Waals surface area contributed by atoms with Crippen LogP contribution in [-0.4, -0.2) is 54.8 Å². The van der Waals surface area contributed by atoms with Crippen LogP contribution in [0.15, 0.2) is 36.4 Å². The lowest BCUT2D eigenvalue weighted by Crippen LogP contribution is -2.56. The molecule has 2 aromatic carbocycles. The third-order valence-corrected chi connectivity index (χ3v) is 7.08. The Kier molecular flexibility index (Phi) is 6.02. The highest BCUT2D eigenvalue weighted by molar-refractivity contribution is 6.11. The predicted molar refractivity (Wildman–Crippen MR) is 133 cm³/mol. The summed E-state index contributed by atoms with van der Waals surface area (Å²) in [6.45, 7) is 6.25. The highest BCUT2D eigenvalue weighted by atomic mass is 16.2. The number of nitrogens with zero attached hydrogens (tertiary/aromatic N) is 3. The molecule has 7 nitrogen and oxygen atoms in total. The van der Waals surface area contributed by atoms with Gasteiger partial charge in [-0.2, -0.15) is 0 Å². The summed E-state index contributed by atoms with van der Waals surface area (Å²) in [7, 11) is 0. The second-order valence-corrected chi connectivity index (χ2v) is 9.76. The van der Waals surface area contributed by atoms with E-state index in [1.807, 2.05) is 49.1 Å². The number of rotatable bonds is 4. The van der Waals surface area contributed by atoms with Crippen LogP contribution in [0.4, 0.5) is 17.1 Å². The maximum Gasteiger partial charge on any atom is 0.253 e. The number of hydrogen-bond acceptors (Lipinski definition) is 4. The van der Waals surface area contributed by atoms with Crippen LogP contribution in [-0.2, 0) is 9.59 Å². The number of amides is 3. The smallest absolute Gasteiger partial charge is 0.253 e. The number of likely N-dealkylation sites (tertiary alicyclic amines) is 1. The fourth-order valence-electron chi connectivity index (χ4n) is 5.55. The SMILES string of the molecule is Cc1cc(C)cc(NC(=O)CN2C(=O)[C@H]3CCCCN3c3ccc(C(=O)N4CCCC4)cc32)c1. The third kappa shape index (κ3) is 4.27. The number of carbonyl (C=O) groups excluding carboxylic acids is 3. The number of anilines is 3. The van der Waals surface area contributed by atoms with E-state index in [1.54, 1.807) is 4.90 Å². The van der Waals surface area contributed by atoms with E-state index < -0.39 is 0 Å². The molecule has 1 atom stereocenters. The zero-order chi connectivity index (χ0) is 23.8. The molecule has 0 unspecified atom stereocenters. The Bertz CT molecular complexity index is 1120. The molecule has 3 amide bonds. The van der Waals surface area contributed by atoms with Crippen LogP contribution in [0.3, 0.4) is 0 Å². The molecule has 3 aliphatic heterocycles. The van der Waals surface area contributed by atoms with Gasteiger partial charge in [0, 0.05) is 30.9 Å². The number of nitrogens with one attached hydrogen (secondary N) is 1. The summed E-state index contributed by atoms with van der Waals surface area (Å²) in [6, 6.07) is 11.3. The number of aryl methyl sites for hydroxylation is 2. The van der Waals surface area contributed by atoms with Crippen LogP contribution in [0.2, 0.25) is 0 Å². The van der Waals surface area contributed by atoms with Crippen molar-refractivity contribution in [2.45, 2.75) is 52.0 Å². The Hall–Kier alpha value is -3.35. The predicted octanol–water partition coefficient (Wildman–Crippen LogP) is 3.88. The first-order valence-corrected chi connectivity index (χ1v) is 12.3. The van der Waals surface area contributed by atoms with E-state index >= 15 is 0 Å². The van der Waals surface area contributed by atoms with Gasteiger partial charge < -0.3 is 15.1 Å². The maximum absolute atomic E-state index is 13.6. The first-order valence-electron chi connectivity index (χ1n) is 12.3. The Morgan fingerprint density at radius 1 is 0.912 bits per heavy atom. The topological polar surface area (TPSA) is 73.0 Å². The summed E-state index contributed by atoms with van der Waals surface area (Å²) in [5, 5.41) is 2.95. The van der Waals surface area contributed by atoms with Crippen molar-refractivity contribution >= 4 is 34.8 Å². The standard InChI is InChI=1S/C27H32N4O3/c1-18-13-19(2)15-21(14-18)28-25(32)17-31-24-16-20(26(33)29-10-5-6-11-29)8-9-22(24)30-12-4-3-7-23(30)27(31)34/h8-9,13-16,23H,3-7,10-12,17H2,1-2H3,(H,28,32)/t23-/m1/s1. The number of fused-ring (bicyclic) bond motifs is 3. The molecule has 5 rings (SSSR count). The quantitative estimate of drug-likeness (QED) is 0.752. The van der Waals surface area contributed by atoms with Gasteiger partial charge in [0.25, 0.3) is 5.91 Å². The second kappa shape index (κ2) is 9.12. The number of benzene rings is 2. The van der Waals surface area contributed by atoms with E-state index in [1.165, 1.54) is 0 Å². The van der Waals surface area contributed by atoms with Crippen LogP contribution in [0.1, 0.15) is 53.6 Å². The van der Waals surface area contributed by atoms with Crippen molar-refractivity contribution in [2.75, 3.05) is 41.3 Å². The van der Waals surface area contributed by atoms with Gasteiger partial charge in [0.05, 0.1) is 11.4 Å². The summed E-state index contributed by atoms with van der Waals surface area (Å²) < 4.78 is 0. The van der Waals surface area contributed by atoms with Crippen LogP contribution in [0.25, 0.3) is 0 Å². The molecule has 0 spiro atoms. The van der Waals surface area contributed by atoms with Gasteiger partial charge in [-0.3, -0.25) is 19.3 Å². The zero-order valence-corrected chi connectivity index (χ0v) is 20.0. The second-order valence-electron chi connectivity index (χ2n) is 9.76. The van der Waals surface area contributed by atoms with E-state index in [2.05, 4.69) is 16.3 Å². The molecular weight excluding hydrogens is 428 g/mol. The Balaban J connectivity index is 1.45. The fraction of sp³-hybridized carbons (Fsp3) is 0.444. The Labute approximate surface area is 200 Å². The van der Waals surface area contributed by atoms with Crippen molar-refractivity contribution in [3.8, 4) is 0 Å². The van der Waals surface area contributed by atoms with E-state index in [0.717, 1.165) is 74.2 Å². The molecule has 178 valence electrons. The number of piperidine rings is 1. The van der Waals surface area contributed by atoms with Gasteiger partial charge in [0.2, 0.25) is 11.8 Å². The van der Waals surface area contributed by atoms with Crippen LogP contribution < -0.4 is 15.1 Å². The number of hydrogen-bond donors (Lipinski definition) is 1. The first-order chi connectivity index (χ1) is 16.4. The average Bonchev–Trinajstić information content (AvgIpc) is 3.35. The molecule has 2 saturated heterocycles. The van der Waals surface area contributed by atoms with E-state index in [-0.39, 0.29) is 30.3 Å². The lowest BCUT2D eigenvalue weighted by atomic mass is 9.95. The van der Waals surface area contributed by atoms with Gasteiger partial charge in [-0.15, -0.1) is 0 Å². The third-order valence-electron chi connectivity index (χ3n) is 7.08. The molecule has 0 bridgehead atoms. The molecule has 34 heavy (non-hydrogen) atoms. The van der Waals surface area contributed by atoms with E-state index in [4.69, 9.17) is 0 Å². The van der Waals surface area contributed by atoms with Gasteiger partial charge >= 0.3 is 0 Å². The minimum Gasteiger partial charge on any atom is -0.358 e. The summed E-state index contributed by atoms with van der Waals surface area (Å²) in [4.78, 5) is 45.3. The fourth-order valence-corrected chi connectivity index (χ4v) is 5.55. The highest BCUT2D eigenvalue weighted by Crippen LogP contribution is 2.40. The normalized spacial score (nSPS) is 19.6. The molecule has 3 aliphatic rings. The highest BCUT2D eigenvalue weighted by Gasteiger charge is 2.40. The van der Waals surface area contributed by atoms with E-state index in [9.17, 15) is 14.4 Å². The van der Waals surface area contributed by atoms with Crippen molar-refractivity contribution in [1.82, 2.24) is 4.90 Å². The Morgan fingerprint density at radius 3 is 2.35 bits per heavy atom. The molecule has 3 heterocycles. The van der Waals surface area contributed by atoms with Crippen molar-refractivity contribution < 1.29 is 14.4 Å². The first kappa shape index (κ1) is 22.4. The largest absolute Gasteiger partial charge is 0.358 e. The molecular formula is C27H32N4O3. The molecule has 1 N–H and O–H groups in total. The van der Waals surface area contributed by atoms with Crippen molar-refractivity contribution in [1.29, 1.82) is 0 Å². The molecule has 2 aromatic rings. The van der Waals surface area contributed by atoms with Crippen LogP contribution in [0.5, 0.6) is 0 Å². The molecule has 0 radical (unpaired) electrons. The van der Waals surface area contributed by atoms with Gasteiger partial charge in [0.1, 0.15) is 12.6 Å². The maximum atomic E-state index is 13.6. The van der Waals surface area contributed by atoms with Gasteiger partial charge in [-0.05, 0) is 87.4 Å². The summed E-state index contributed by atoms with van der Waals surface area (Å²) in [5.41, 5.74) is 5.02. The van der Waals surface area contributed by atoms with Gasteiger partial charge in [-0.1, -0.05) is 6.07 Å². The van der Waals surface area contributed by atoms with Gasteiger partial charge in [0.15, 0.2) is 0 Å². The minimum atomic E-state index is -0.254. The lowest BCUT2D eigenvalue weighted by molar-refractivity contribution is -0.123. The van der Waals surface area contributed by atoms with Crippen molar-refractivity contribution in [2.24, 2.45) is 0 Å². The molecule has 0 saturated carbocycles. The minimum absolute atomic E-state index is 0.00634. The summed E-state index contributed by atoms with van der Waals surface area (Å²) >= 11 is 0. The van der Waals surface area contributed by atoms with Crippen molar-refractivity contribution in [3.05, 3.63) is 53.1 Å². The van der Waals surface area contributed by atoms with Crippen molar-refractivity contribution in [3.63, 3.8) is 0 Å². The monoisotopic (exact) mass is 460 g/mol. The molecule has 7 heteroatoms. The van der Waals surface area contributed by atoms with Crippen LogP contribution >= 0.6 is 0 Å².